The van der Waals surface area contributed by atoms with Gasteiger partial charge in [0.25, 0.3) is 0 Å². The lowest BCUT2D eigenvalue weighted by molar-refractivity contribution is -0.258. The van der Waals surface area contributed by atoms with E-state index in [1.807, 2.05) is 0 Å². The summed E-state index contributed by atoms with van der Waals surface area (Å²) in [7, 11) is 1.74. The highest BCUT2D eigenvalue weighted by atomic mass is 19.4. The van der Waals surface area contributed by atoms with E-state index < -0.39 is 12.1 Å². The number of aliphatic hydroxyl groups is 1. The summed E-state index contributed by atoms with van der Waals surface area (Å²) in [6.45, 7) is 0.859. The molecule has 0 aromatic heterocycles. The molecular weight excluding hydrogens is 229 g/mol. The van der Waals surface area contributed by atoms with Crippen molar-refractivity contribution in [2.24, 2.45) is 0 Å². The second-order valence-electron chi connectivity index (χ2n) is 3.58. The van der Waals surface area contributed by atoms with Gasteiger partial charge in [-0.1, -0.05) is 0 Å². The van der Waals surface area contributed by atoms with Gasteiger partial charge in [-0.3, -0.25) is 4.90 Å². The van der Waals surface area contributed by atoms with Crippen molar-refractivity contribution in [2.45, 2.75) is 12.2 Å². The number of hydrogen-bond donors (Lipinski definition) is 1. The molecule has 0 aliphatic carbocycles. The molecule has 0 unspecified atom stereocenters. The molecule has 1 saturated heterocycles. The Hall–Kier alpha value is -0.860. The maximum absolute atomic E-state index is 11.8. The predicted molar refractivity (Wildman–Crippen MR) is 47.2 cm³/mol. The van der Waals surface area contributed by atoms with Crippen molar-refractivity contribution >= 4 is 5.97 Å². The number of halogens is 3. The minimum atomic E-state index is -4.96. The summed E-state index contributed by atoms with van der Waals surface area (Å²) in [6.07, 6.45) is -4.96. The Morgan fingerprint density at radius 1 is 1.56 bits per heavy atom. The summed E-state index contributed by atoms with van der Waals surface area (Å²) in [6, 6.07) is 0.00758. The molecule has 1 aliphatic rings. The van der Waals surface area contributed by atoms with Crippen LogP contribution in [0.4, 0.5) is 13.2 Å². The highest BCUT2D eigenvalue weighted by Crippen LogP contribution is 2.20. The van der Waals surface area contributed by atoms with Crippen molar-refractivity contribution in [1.29, 1.82) is 0 Å². The second kappa shape index (κ2) is 4.98. The van der Waals surface area contributed by atoms with Crippen LogP contribution in [0, 0.1) is 0 Å². The average molecular weight is 242 g/mol. The molecule has 0 saturated carbocycles. The molecule has 1 fully saturated rings. The quantitative estimate of drug-likeness (QED) is 0.728. The third-order valence-corrected chi connectivity index (χ3v) is 2.35. The molecule has 0 amide bonds. The fraction of sp³-hybridized carbons (Fsp3) is 0.875. The van der Waals surface area contributed by atoms with E-state index in [9.17, 15) is 18.0 Å². The third-order valence-electron chi connectivity index (χ3n) is 2.35. The van der Waals surface area contributed by atoms with Gasteiger partial charge < -0.3 is 9.94 Å². The highest BCUT2D eigenvalue weighted by molar-refractivity contribution is 5.75. The largest absolute Gasteiger partial charge is 0.492 e. The number of nitrogens with zero attached hydrogens (tertiary/aromatic N) is 2. The van der Waals surface area contributed by atoms with Gasteiger partial charge in [0.1, 0.15) is 0 Å². The Kier molecular flexibility index (Phi) is 4.11. The Morgan fingerprint density at radius 2 is 2.12 bits per heavy atom. The summed E-state index contributed by atoms with van der Waals surface area (Å²) < 4.78 is 35.4. The Balaban J connectivity index is 2.24. The van der Waals surface area contributed by atoms with E-state index in [0.717, 1.165) is 5.06 Å². The van der Waals surface area contributed by atoms with E-state index in [1.165, 1.54) is 0 Å². The second-order valence-corrected chi connectivity index (χ2v) is 3.58. The first-order valence-corrected chi connectivity index (χ1v) is 4.69. The van der Waals surface area contributed by atoms with Crippen LogP contribution in [-0.2, 0) is 9.63 Å². The van der Waals surface area contributed by atoms with Crippen LogP contribution in [-0.4, -0.2) is 66.5 Å². The van der Waals surface area contributed by atoms with E-state index >= 15 is 0 Å². The standard InChI is InChI=1S/C8H13F3N2O3/c1-12(2-3-14)6-4-13(5-6)16-7(15)8(9,10)11/h6,14H,2-5H2,1H3. The molecule has 1 rings (SSSR count). The molecule has 5 nitrogen and oxygen atoms in total. The predicted octanol–water partition coefficient (Wildman–Crippen LogP) is -0.385. The van der Waals surface area contributed by atoms with Gasteiger partial charge in [-0.25, -0.2) is 4.79 Å². The smallest absolute Gasteiger partial charge is 0.395 e. The number of carbonyl (C=O) groups excluding carboxylic acids is 1. The molecule has 8 heteroatoms. The van der Waals surface area contributed by atoms with Crippen molar-refractivity contribution < 1.29 is 27.9 Å². The number of likely N-dealkylation sites (N-methyl/N-ethyl adjacent to an activating group) is 1. The minimum absolute atomic E-state index is 0.00758. The topological polar surface area (TPSA) is 53.0 Å². The summed E-state index contributed by atoms with van der Waals surface area (Å²) >= 11 is 0. The first-order chi connectivity index (χ1) is 7.34. The van der Waals surface area contributed by atoms with Gasteiger partial charge in [0.15, 0.2) is 0 Å². The van der Waals surface area contributed by atoms with Crippen molar-refractivity contribution in [1.82, 2.24) is 9.96 Å². The number of aliphatic hydroxyl groups excluding tert-OH is 1. The Morgan fingerprint density at radius 3 is 2.56 bits per heavy atom. The van der Waals surface area contributed by atoms with Gasteiger partial charge in [0.2, 0.25) is 0 Å². The van der Waals surface area contributed by atoms with Gasteiger partial charge >= 0.3 is 12.1 Å². The van der Waals surface area contributed by atoms with Crippen molar-refractivity contribution in [3.05, 3.63) is 0 Å². The van der Waals surface area contributed by atoms with E-state index in [2.05, 4.69) is 4.84 Å². The number of carbonyl (C=O) groups is 1. The van der Waals surface area contributed by atoms with Crippen LogP contribution in [0.3, 0.4) is 0 Å². The first-order valence-electron chi connectivity index (χ1n) is 4.69. The minimum Gasteiger partial charge on any atom is -0.395 e. The highest BCUT2D eigenvalue weighted by Gasteiger charge is 2.44. The Bertz CT molecular complexity index is 253. The molecule has 1 aliphatic heterocycles. The lowest BCUT2D eigenvalue weighted by Crippen LogP contribution is -2.59. The molecule has 94 valence electrons. The van der Waals surface area contributed by atoms with Crippen LogP contribution in [0.5, 0.6) is 0 Å². The average Bonchev–Trinajstić information content (AvgIpc) is 2.08. The molecule has 1 N–H and O–H groups in total. The van der Waals surface area contributed by atoms with Crippen LogP contribution in [0.25, 0.3) is 0 Å². The third kappa shape index (κ3) is 3.32. The van der Waals surface area contributed by atoms with Gasteiger partial charge in [0, 0.05) is 12.6 Å². The van der Waals surface area contributed by atoms with Crippen molar-refractivity contribution in [3.63, 3.8) is 0 Å². The zero-order valence-electron chi connectivity index (χ0n) is 8.70. The monoisotopic (exact) mass is 242 g/mol. The van der Waals surface area contributed by atoms with Crippen LogP contribution in [0.15, 0.2) is 0 Å². The van der Waals surface area contributed by atoms with Crippen LogP contribution in [0.2, 0.25) is 0 Å². The van der Waals surface area contributed by atoms with E-state index in [4.69, 9.17) is 5.11 Å². The Labute approximate surface area is 90.3 Å². The summed E-state index contributed by atoms with van der Waals surface area (Å²) in [5.74, 6) is -2.20. The fourth-order valence-corrected chi connectivity index (χ4v) is 1.28. The van der Waals surface area contributed by atoms with Gasteiger partial charge in [-0.15, -0.1) is 5.06 Å². The van der Waals surface area contributed by atoms with Crippen molar-refractivity contribution in [2.75, 3.05) is 33.3 Å². The maximum atomic E-state index is 11.8. The number of hydrogen-bond acceptors (Lipinski definition) is 5. The normalized spacial score (nSPS) is 18.6. The van der Waals surface area contributed by atoms with Gasteiger partial charge in [-0.2, -0.15) is 13.2 Å². The summed E-state index contributed by atoms with van der Waals surface area (Å²) in [5.41, 5.74) is 0. The fourth-order valence-electron chi connectivity index (χ4n) is 1.28. The van der Waals surface area contributed by atoms with Gasteiger partial charge in [0.05, 0.1) is 19.7 Å². The zero-order chi connectivity index (χ0) is 12.3. The van der Waals surface area contributed by atoms with Crippen LogP contribution in [0.1, 0.15) is 0 Å². The molecule has 0 aromatic rings. The van der Waals surface area contributed by atoms with E-state index in [0.29, 0.717) is 6.54 Å². The lowest BCUT2D eigenvalue weighted by Gasteiger charge is -2.41. The van der Waals surface area contributed by atoms with Crippen LogP contribution >= 0.6 is 0 Å². The maximum Gasteiger partial charge on any atom is 0.492 e. The molecule has 0 radical (unpaired) electrons. The summed E-state index contributed by atoms with van der Waals surface area (Å²) in [5, 5.41) is 9.59. The molecule has 0 spiro atoms. The SMILES string of the molecule is CN(CCO)C1CN(OC(=O)C(F)(F)F)C1. The summed E-state index contributed by atoms with van der Waals surface area (Å²) in [4.78, 5) is 16.3. The number of alkyl halides is 3. The van der Waals surface area contributed by atoms with Crippen molar-refractivity contribution in [3.8, 4) is 0 Å². The number of hydroxylamine groups is 2. The molecule has 0 atom stereocenters. The van der Waals surface area contributed by atoms with E-state index in [1.54, 1.807) is 11.9 Å². The lowest BCUT2D eigenvalue weighted by atomic mass is 10.1. The molecule has 0 aromatic carbocycles. The van der Waals surface area contributed by atoms with Crippen LogP contribution < -0.4 is 0 Å². The molecular formula is C8H13F3N2O3. The zero-order valence-corrected chi connectivity index (χ0v) is 8.70. The van der Waals surface area contributed by atoms with Gasteiger partial charge in [-0.05, 0) is 7.05 Å². The number of rotatable bonds is 4. The molecule has 16 heavy (non-hydrogen) atoms. The first kappa shape index (κ1) is 13.2. The molecule has 1 heterocycles. The van der Waals surface area contributed by atoms with E-state index in [-0.39, 0.29) is 25.7 Å². The molecule has 0 bridgehead atoms.